The third-order valence-electron chi connectivity index (χ3n) is 4.40. The van der Waals surface area contributed by atoms with Crippen molar-refractivity contribution >= 4 is 11.8 Å². The van der Waals surface area contributed by atoms with Crippen molar-refractivity contribution in [1.29, 1.82) is 0 Å². The lowest BCUT2D eigenvalue weighted by atomic mass is 9.85. The standard InChI is InChI=1S/C16H20N2O2/c1-2-13-16(20)17-10-15(19)18(13)14-9-5-7-11-6-3-4-8-12(11)14/h3-4,6,8,13-14H,2,5,7,9-10H2,1H3,(H,17,20). The molecule has 3 rings (SSSR count). The Bertz CT molecular complexity index is 541. The molecule has 2 atom stereocenters. The molecule has 1 aromatic rings. The van der Waals surface area contributed by atoms with Crippen LogP contribution in [0.2, 0.25) is 0 Å². The minimum Gasteiger partial charge on any atom is -0.345 e. The van der Waals surface area contributed by atoms with Gasteiger partial charge in [0.25, 0.3) is 0 Å². The lowest BCUT2D eigenvalue weighted by molar-refractivity contribution is -0.149. The Morgan fingerprint density at radius 2 is 2.10 bits per heavy atom. The van der Waals surface area contributed by atoms with Gasteiger partial charge in [-0.3, -0.25) is 9.59 Å². The summed E-state index contributed by atoms with van der Waals surface area (Å²) in [6.45, 7) is 2.10. The zero-order valence-electron chi connectivity index (χ0n) is 11.8. The molecule has 0 aromatic heterocycles. The molecular weight excluding hydrogens is 252 g/mol. The van der Waals surface area contributed by atoms with E-state index in [-0.39, 0.29) is 30.4 Å². The summed E-state index contributed by atoms with van der Waals surface area (Å²) in [6.07, 6.45) is 3.75. The van der Waals surface area contributed by atoms with E-state index >= 15 is 0 Å². The van der Waals surface area contributed by atoms with E-state index in [2.05, 4.69) is 17.4 Å². The van der Waals surface area contributed by atoms with Crippen LogP contribution in [0, 0.1) is 0 Å². The zero-order chi connectivity index (χ0) is 14.1. The second-order valence-electron chi connectivity index (χ2n) is 5.55. The van der Waals surface area contributed by atoms with Crippen LogP contribution in [0.5, 0.6) is 0 Å². The SMILES string of the molecule is CCC1C(=O)NCC(=O)N1C1CCCc2ccccc21. The van der Waals surface area contributed by atoms with Crippen LogP contribution in [0.1, 0.15) is 43.4 Å². The number of amides is 2. The lowest BCUT2D eigenvalue weighted by Gasteiger charge is -2.42. The monoisotopic (exact) mass is 272 g/mol. The van der Waals surface area contributed by atoms with Gasteiger partial charge in [0.1, 0.15) is 6.04 Å². The highest BCUT2D eigenvalue weighted by Crippen LogP contribution is 2.36. The molecule has 1 N–H and O–H groups in total. The molecule has 0 spiro atoms. The number of nitrogens with one attached hydrogen (secondary N) is 1. The summed E-state index contributed by atoms with van der Waals surface area (Å²) in [5.41, 5.74) is 2.54. The largest absolute Gasteiger partial charge is 0.345 e. The maximum atomic E-state index is 12.3. The quantitative estimate of drug-likeness (QED) is 0.892. The number of nitrogens with zero attached hydrogens (tertiary/aromatic N) is 1. The van der Waals surface area contributed by atoms with E-state index in [0.29, 0.717) is 6.42 Å². The van der Waals surface area contributed by atoms with E-state index < -0.39 is 0 Å². The minimum atomic E-state index is -0.326. The van der Waals surface area contributed by atoms with Crippen LogP contribution in [0.25, 0.3) is 0 Å². The van der Waals surface area contributed by atoms with Gasteiger partial charge < -0.3 is 10.2 Å². The summed E-state index contributed by atoms with van der Waals surface area (Å²) in [5.74, 6) is 0.0216. The van der Waals surface area contributed by atoms with E-state index in [9.17, 15) is 9.59 Å². The molecule has 1 heterocycles. The molecule has 0 bridgehead atoms. The molecular formula is C16H20N2O2. The highest BCUT2D eigenvalue weighted by molar-refractivity contribution is 5.95. The summed E-state index contributed by atoms with van der Waals surface area (Å²) in [6, 6.07) is 8.04. The summed E-state index contributed by atoms with van der Waals surface area (Å²) in [4.78, 5) is 26.2. The van der Waals surface area contributed by atoms with Gasteiger partial charge in [-0.1, -0.05) is 31.2 Å². The maximum Gasteiger partial charge on any atom is 0.243 e. The maximum absolute atomic E-state index is 12.3. The Morgan fingerprint density at radius 3 is 2.90 bits per heavy atom. The number of carbonyl (C=O) groups is 2. The first-order valence-corrected chi connectivity index (χ1v) is 7.39. The van der Waals surface area contributed by atoms with Gasteiger partial charge in [0.2, 0.25) is 11.8 Å². The molecule has 20 heavy (non-hydrogen) atoms. The van der Waals surface area contributed by atoms with Gasteiger partial charge in [0.15, 0.2) is 0 Å². The van der Waals surface area contributed by atoms with E-state index in [0.717, 1.165) is 19.3 Å². The van der Waals surface area contributed by atoms with Crippen LogP contribution in [0.3, 0.4) is 0 Å². The van der Waals surface area contributed by atoms with Gasteiger partial charge in [0.05, 0.1) is 12.6 Å². The molecule has 2 unspecified atom stereocenters. The molecule has 1 fully saturated rings. The summed E-state index contributed by atoms with van der Waals surface area (Å²) >= 11 is 0. The summed E-state index contributed by atoms with van der Waals surface area (Å²) in [5, 5.41) is 2.70. The molecule has 106 valence electrons. The lowest BCUT2D eigenvalue weighted by Crippen LogP contribution is -2.59. The minimum absolute atomic E-state index is 0.0184. The third-order valence-corrected chi connectivity index (χ3v) is 4.40. The number of hydrogen-bond donors (Lipinski definition) is 1. The molecule has 4 nitrogen and oxygen atoms in total. The molecule has 1 saturated heterocycles. The van der Waals surface area contributed by atoms with Crippen molar-refractivity contribution in [2.45, 2.75) is 44.7 Å². The van der Waals surface area contributed by atoms with Crippen molar-refractivity contribution in [1.82, 2.24) is 10.2 Å². The average molecular weight is 272 g/mol. The number of aryl methyl sites for hydroxylation is 1. The first-order valence-electron chi connectivity index (χ1n) is 7.39. The van der Waals surface area contributed by atoms with E-state index in [1.807, 2.05) is 24.0 Å². The molecule has 0 radical (unpaired) electrons. The second kappa shape index (κ2) is 5.27. The first kappa shape index (κ1) is 13.2. The Hall–Kier alpha value is -1.84. The smallest absolute Gasteiger partial charge is 0.243 e. The fraction of sp³-hybridized carbons (Fsp3) is 0.500. The van der Waals surface area contributed by atoms with Gasteiger partial charge in [-0.05, 0) is 36.8 Å². The number of hydrogen-bond acceptors (Lipinski definition) is 2. The second-order valence-corrected chi connectivity index (χ2v) is 5.55. The average Bonchev–Trinajstić information content (AvgIpc) is 2.49. The summed E-state index contributed by atoms with van der Waals surface area (Å²) < 4.78 is 0. The fourth-order valence-electron chi connectivity index (χ4n) is 3.46. The predicted octanol–water partition coefficient (Wildman–Crippen LogP) is 1.80. The number of rotatable bonds is 2. The van der Waals surface area contributed by atoms with Crippen LogP contribution in [0.4, 0.5) is 0 Å². The third kappa shape index (κ3) is 2.09. The highest BCUT2D eigenvalue weighted by atomic mass is 16.2. The van der Waals surface area contributed by atoms with Crippen LogP contribution < -0.4 is 5.32 Å². The highest BCUT2D eigenvalue weighted by Gasteiger charge is 2.39. The summed E-state index contributed by atoms with van der Waals surface area (Å²) in [7, 11) is 0. The first-order chi connectivity index (χ1) is 9.72. The fourth-order valence-corrected chi connectivity index (χ4v) is 3.46. The predicted molar refractivity (Wildman–Crippen MR) is 76.1 cm³/mol. The van der Waals surface area contributed by atoms with E-state index in [4.69, 9.17) is 0 Å². The molecule has 4 heteroatoms. The van der Waals surface area contributed by atoms with Gasteiger partial charge in [-0.25, -0.2) is 0 Å². The van der Waals surface area contributed by atoms with Crippen molar-refractivity contribution in [3.63, 3.8) is 0 Å². The van der Waals surface area contributed by atoms with Crippen molar-refractivity contribution in [2.75, 3.05) is 6.54 Å². The van der Waals surface area contributed by atoms with Gasteiger partial charge in [-0.2, -0.15) is 0 Å². The van der Waals surface area contributed by atoms with E-state index in [1.54, 1.807) is 0 Å². The molecule has 1 aliphatic heterocycles. The molecule has 0 saturated carbocycles. The topological polar surface area (TPSA) is 49.4 Å². The Balaban J connectivity index is 1.99. The number of benzene rings is 1. The van der Waals surface area contributed by atoms with Gasteiger partial charge >= 0.3 is 0 Å². The van der Waals surface area contributed by atoms with Crippen LogP contribution in [0.15, 0.2) is 24.3 Å². The Labute approximate surface area is 119 Å². The normalized spacial score (nSPS) is 26.1. The Kier molecular flexibility index (Phi) is 3.47. The van der Waals surface area contributed by atoms with Crippen LogP contribution in [-0.4, -0.2) is 29.3 Å². The number of piperazine rings is 1. The van der Waals surface area contributed by atoms with Crippen molar-refractivity contribution in [2.24, 2.45) is 0 Å². The number of carbonyl (C=O) groups excluding carboxylic acids is 2. The van der Waals surface area contributed by atoms with Crippen molar-refractivity contribution in [3.05, 3.63) is 35.4 Å². The van der Waals surface area contributed by atoms with E-state index in [1.165, 1.54) is 11.1 Å². The zero-order valence-corrected chi connectivity index (χ0v) is 11.8. The molecule has 1 aliphatic carbocycles. The number of fused-ring (bicyclic) bond motifs is 1. The van der Waals surface area contributed by atoms with Crippen LogP contribution in [-0.2, 0) is 16.0 Å². The van der Waals surface area contributed by atoms with Gasteiger partial charge in [-0.15, -0.1) is 0 Å². The van der Waals surface area contributed by atoms with Crippen LogP contribution >= 0.6 is 0 Å². The molecule has 1 aromatic carbocycles. The van der Waals surface area contributed by atoms with Crippen molar-refractivity contribution in [3.8, 4) is 0 Å². The molecule has 2 amide bonds. The Morgan fingerprint density at radius 1 is 1.30 bits per heavy atom. The van der Waals surface area contributed by atoms with Gasteiger partial charge in [0, 0.05) is 0 Å². The molecule has 2 aliphatic rings. The van der Waals surface area contributed by atoms with Crippen molar-refractivity contribution < 1.29 is 9.59 Å².